The Bertz CT molecular complexity index is 1170. The Kier molecular flexibility index (Phi) is 5.56. The Morgan fingerprint density at radius 1 is 1.17 bits per heavy atom. The van der Waals surface area contributed by atoms with Gasteiger partial charge in [-0.1, -0.05) is 19.1 Å². The summed E-state index contributed by atoms with van der Waals surface area (Å²) < 4.78 is 11.7. The summed E-state index contributed by atoms with van der Waals surface area (Å²) in [6.45, 7) is 2.31. The molecule has 4 aromatic rings. The Balaban J connectivity index is 1.48. The van der Waals surface area contributed by atoms with Crippen LogP contribution in [0.4, 0.5) is 0 Å². The van der Waals surface area contributed by atoms with E-state index in [2.05, 4.69) is 20.2 Å². The third-order valence-corrected chi connectivity index (χ3v) is 4.44. The Morgan fingerprint density at radius 2 is 2.07 bits per heavy atom. The number of hydrogen-bond acceptors (Lipinski definition) is 6. The van der Waals surface area contributed by atoms with E-state index in [0.717, 1.165) is 16.5 Å². The van der Waals surface area contributed by atoms with Gasteiger partial charge in [0.2, 0.25) is 11.8 Å². The summed E-state index contributed by atoms with van der Waals surface area (Å²) in [6.07, 6.45) is 3.67. The van der Waals surface area contributed by atoms with Crippen LogP contribution in [-0.2, 0) is 4.79 Å². The minimum atomic E-state index is -0.336. The third-order valence-electron chi connectivity index (χ3n) is 4.44. The van der Waals surface area contributed by atoms with E-state index >= 15 is 0 Å². The maximum Gasteiger partial charge on any atom is 0.222 e. The van der Waals surface area contributed by atoms with E-state index in [9.17, 15) is 4.79 Å². The molecule has 1 unspecified atom stereocenters. The smallest absolute Gasteiger partial charge is 0.222 e. The lowest BCUT2D eigenvalue weighted by molar-refractivity contribution is -0.119. The average Bonchev–Trinajstić information content (AvgIpc) is 3.20. The molecular formula is C22H21N5O3. The van der Waals surface area contributed by atoms with Crippen molar-refractivity contribution in [2.45, 2.75) is 13.3 Å². The van der Waals surface area contributed by atoms with Crippen LogP contribution in [0, 0.1) is 5.92 Å². The van der Waals surface area contributed by atoms with Gasteiger partial charge in [-0.2, -0.15) is 10.1 Å². The maximum atomic E-state index is 11.0. The summed E-state index contributed by atoms with van der Waals surface area (Å²) >= 11 is 0. The molecule has 30 heavy (non-hydrogen) atoms. The summed E-state index contributed by atoms with van der Waals surface area (Å²) in [4.78, 5) is 19.9. The van der Waals surface area contributed by atoms with Gasteiger partial charge in [-0.05, 0) is 36.2 Å². The van der Waals surface area contributed by atoms with Gasteiger partial charge >= 0.3 is 0 Å². The van der Waals surface area contributed by atoms with Gasteiger partial charge in [0, 0.05) is 29.6 Å². The number of hydrogen-bond donors (Lipinski definition) is 2. The van der Waals surface area contributed by atoms with Crippen molar-refractivity contribution in [3.8, 4) is 28.8 Å². The second-order valence-corrected chi connectivity index (χ2v) is 7.05. The molecule has 0 saturated carbocycles. The average molecular weight is 403 g/mol. The monoisotopic (exact) mass is 403 g/mol. The zero-order chi connectivity index (χ0) is 20.9. The molecule has 0 radical (unpaired) electrons. The summed E-state index contributed by atoms with van der Waals surface area (Å²) in [5, 5.41) is 7.87. The second kappa shape index (κ2) is 8.60. The van der Waals surface area contributed by atoms with Crippen molar-refractivity contribution in [3.05, 3.63) is 60.9 Å². The molecule has 2 aromatic carbocycles. The highest BCUT2D eigenvalue weighted by Gasteiger charge is 2.09. The van der Waals surface area contributed by atoms with Crippen molar-refractivity contribution >= 4 is 16.8 Å². The zero-order valence-electron chi connectivity index (χ0n) is 16.4. The molecule has 2 heterocycles. The number of nitrogens with one attached hydrogen (secondary N) is 1. The Morgan fingerprint density at radius 3 is 2.93 bits per heavy atom. The second-order valence-electron chi connectivity index (χ2n) is 7.05. The molecule has 0 saturated heterocycles. The summed E-state index contributed by atoms with van der Waals surface area (Å²) in [5.41, 5.74) is 6.96. The molecule has 0 aliphatic rings. The number of primary amides is 1. The number of ether oxygens (including phenoxy) is 2. The molecule has 0 aliphatic heterocycles. The number of nitrogens with two attached hydrogens (primary N) is 1. The van der Waals surface area contributed by atoms with Crippen LogP contribution in [0.1, 0.15) is 13.3 Å². The van der Waals surface area contributed by atoms with E-state index in [0.29, 0.717) is 29.8 Å². The predicted molar refractivity (Wildman–Crippen MR) is 112 cm³/mol. The van der Waals surface area contributed by atoms with Crippen LogP contribution in [-0.4, -0.2) is 32.7 Å². The van der Waals surface area contributed by atoms with Gasteiger partial charge < -0.3 is 15.2 Å². The number of nitrogens with zero attached hydrogens (tertiary/aromatic N) is 3. The van der Waals surface area contributed by atoms with Crippen LogP contribution in [0.25, 0.3) is 22.3 Å². The lowest BCUT2D eigenvalue weighted by Crippen LogP contribution is -2.18. The van der Waals surface area contributed by atoms with Gasteiger partial charge in [-0.3, -0.25) is 9.89 Å². The lowest BCUT2D eigenvalue weighted by Gasteiger charge is -2.12. The molecule has 0 aliphatic carbocycles. The normalized spacial score (nSPS) is 11.9. The van der Waals surface area contributed by atoms with Gasteiger partial charge in [-0.25, -0.2) is 4.98 Å². The fraction of sp³-hybridized carbons (Fsp3) is 0.182. The topological polar surface area (TPSA) is 116 Å². The Labute approximate surface area is 173 Å². The molecule has 8 nitrogen and oxygen atoms in total. The first-order valence-electron chi connectivity index (χ1n) is 9.52. The van der Waals surface area contributed by atoms with Gasteiger partial charge in [0.1, 0.15) is 11.5 Å². The molecule has 0 fully saturated rings. The van der Waals surface area contributed by atoms with Gasteiger partial charge in [0.15, 0.2) is 5.82 Å². The van der Waals surface area contributed by atoms with Crippen LogP contribution in [0.2, 0.25) is 0 Å². The van der Waals surface area contributed by atoms with E-state index in [1.807, 2.05) is 49.4 Å². The van der Waals surface area contributed by atoms with Crippen molar-refractivity contribution in [2.75, 3.05) is 6.61 Å². The molecule has 152 valence electrons. The van der Waals surface area contributed by atoms with Crippen LogP contribution >= 0.6 is 0 Å². The third kappa shape index (κ3) is 4.72. The minimum absolute atomic E-state index is 0.0340. The van der Waals surface area contributed by atoms with Crippen molar-refractivity contribution in [1.82, 2.24) is 20.2 Å². The van der Waals surface area contributed by atoms with Crippen molar-refractivity contribution in [3.63, 3.8) is 0 Å². The largest absolute Gasteiger partial charge is 0.493 e. The number of carbonyl (C=O) groups excluding carboxylic acids is 1. The number of aromatic amines is 1. The molecule has 0 spiro atoms. The quantitative estimate of drug-likeness (QED) is 0.463. The highest BCUT2D eigenvalue weighted by Crippen LogP contribution is 2.26. The molecule has 0 bridgehead atoms. The van der Waals surface area contributed by atoms with Gasteiger partial charge in [-0.15, -0.1) is 0 Å². The first-order chi connectivity index (χ1) is 14.6. The van der Waals surface area contributed by atoms with Crippen LogP contribution < -0.4 is 15.2 Å². The first kappa shape index (κ1) is 19.4. The van der Waals surface area contributed by atoms with E-state index in [1.54, 1.807) is 18.5 Å². The Hall–Kier alpha value is -3.94. The minimum Gasteiger partial charge on any atom is -0.493 e. The number of aromatic nitrogens is 4. The molecular weight excluding hydrogens is 382 g/mol. The summed E-state index contributed by atoms with van der Waals surface area (Å²) in [5.74, 6) is 1.98. The highest BCUT2D eigenvalue weighted by atomic mass is 16.5. The lowest BCUT2D eigenvalue weighted by atomic mass is 10.1. The fourth-order valence-corrected chi connectivity index (χ4v) is 3.01. The number of carbonyl (C=O) groups is 1. The number of benzene rings is 2. The standard InChI is InChI=1S/C22H21N5O3/c1-14(9-20(23)28)13-29-17-4-2-3-15(10-17)22-24-8-7-21(26-22)30-18-5-6-19-16(11-18)12-25-27-19/h2-8,10-12,14H,9,13H2,1H3,(H2,23,28)(H,25,27). The summed E-state index contributed by atoms with van der Waals surface area (Å²) in [7, 11) is 0. The van der Waals surface area contributed by atoms with Crippen LogP contribution in [0.15, 0.2) is 60.9 Å². The van der Waals surface area contributed by atoms with Crippen LogP contribution in [0.3, 0.4) is 0 Å². The summed E-state index contributed by atoms with van der Waals surface area (Å²) in [6, 6.07) is 14.8. The first-order valence-corrected chi connectivity index (χ1v) is 9.52. The number of rotatable bonds is 8. The molecule has 8 heteroatoms. The molecule has 4 rings (SSSR count). The van der Waals surface area contributed by atoms with Gasteiger partial charge in [0.05, 0.1) is 18.3 Å². The fourth-order valence-electron chi connectivity index (χ4n) is 3.01. The SMILES string of the molecule is CC(COc1cccc(-c2nccc(Oc3ccc4[nH]ncc4c3)n2)c1)CC(N)=O. The van der Waals surface area contributed by atoms with E-state index in [1.165, 1.54) is 0 Å². The maximum absolute atomic E-state index is 11.0. The van der Waals surface area contributed by atoms with Crippen molar-refractivity contribution < 1.29 is 14.3 Å². The predicted octanol–water partition coefficient (Wildman–Crippen LogP) is 3.70. The van der Waals surface area contributed by atoms with Crippen LogP contribution in [0.5, 0.6) is 17.4 Å². The van der Waals surface area contributed by atoms with Gasteiger partial charge in [0.25, 0.3) is 0 Å². The van der Waals surface area contributed by atoms with E-state index in [4.69, 9.17) is 15.2 Å². The molecule has 2 aromatic heterocycles. The number of fused-ring (bicyclic) bond motifs is 1. The zero-order valence-corrected chi connectivity index (χ0v) is 16.4. The van der Waals surface area contributed by atoms with E-state index in [-0.39, 0.29) is 18.2 Å². The molecule has 3 N–H and O–H groups in total. The molecule has 1 atom stereocenters. The number of amides is 1. The number of H-pyrrole nitrogens is 1. The highest BCUT2D eigenvalue weighted by molar-refractivity contribution is 5.79. The van der Waals surface area contributed by atoms with Crippen molar-refractivity contribution in [1.29, 1.82) is 0 Å². The van der Waals surface area contributed by atoms with E-state index < -0.39 is 0 Å². The molecule has 1 amide bonds. The van der Waals surface area contributed by atoms with Crippen molar-refractivity contribution in [2.24, 2.45) is 11.7 Å².